The lowest BCUT2D eigenvalue weighted by atomic mass is 9.72. The highest BCUT2D eigenvalue weighted by molar-refractivity contribution is 5.69. The number of carbonyl (C=O) groups is 1. The SMILES string of the molecule is CC(C)(C)OC(=O)N1CC2(CCN(c3cc(N4CCOCC4)ncn3)CC2)C1. The summed E-state index contributed by atoms with van der Waals surface area (Å²) in [4.78, 5) is 27.6. The standard InChI is InChI=1S/C20H31N5O3/c1-19(2,3)28-18(26)25-13-20(14-25)4-6-23(7-5-20)16-12-17(22-15-21-16)24-8-10-27-11-9-24/h12,15H,4-11,13-14H2,1-3H3. The Kier molecular flexibility index (Phi) is 5.07. The van der Waals surface area contributed by atoms with Crippen LogP contribution in [0.4, 0.5) is 16.4 Å². The average molecular weight is 390 g/mol. The Morgan fingerprint density at radius 1 is 1.04 bits per heavy atom. The van der Waals surface area contributed by atoms with Gasteiger partial charge in [0.15, 0.2) is 0 Å². The number of nitrogens with zero attached hydrogens (tertiary/aromatic N) is 5. The van der Waals surface area contributed by atoms with Gasteiger partial charge in [-0.25, -0.2) is 14.8 Å². The molecule has 1 amide bonds. The highest BCUT2D eigenvalue weighted by Crippen LogP contribution is 2.41. The summed E-state index contributed by atoms with van der Waals surface area (Å²) in [6.45, 7) is 12.5. The van der Waals surface area contributed by atoms with Crippen LogP contribution in [0.15, 0.2) is 12.4 Å². The van der Waals surface area contributed by atoms with Gasteiger partial charge in [-0.05, 0) is 33.6 Å². The quantitative estimate of drug-likeness (QED) is 0.767. The highest BCUT2D eigenvalue weighted by Gasteiger charge is 2.48. The van der Waals surface area contributed by atoms with E-state index >= 15 is 0 Å². The predicted octanol–water partition coefficient (Wildman–Crippen LogP) is 2.15. The molecule has 8 nitrogen and oxygen atoms in total. The minimum Gasteiger partial charge on any atom is -0.444 e. The molecule has 1 aromatic heterocycles. The Bertz CT molecular complexity index is 698. The van der Waals surface area contributed by atoms with Gasteiger partial charge >= 0.3 is 6.09 Å². The summed E-state index contributed by atoms with van der Waals surface area (Å²) in [5.41, 5.74) is -0.193. The van der Waals surface area contributed by atoms with Gasteiger partial charge in [0.2, 0.25) is 0 Å². The predicted molar refractivity (Wildman–Crippen MR) is 107 cm³/mol. The molecule has 0 atom stereocenters. The summed E-state index contributed by atoms with van der Waals surface area (Å²) < 4.78 is 10.9. The Balaban J connectivity index is 1.31. The molecule has 3 aliphatic rings. The van der Waals surface area contributed by atoms with Crippen LogP contribution in [-0.2, 0) is 9.47 Å². The topological polar surface area (TPSA) is 71.0 Å². The maximum Gasteiger partial charge on any atom is 0.410 e. The van der Waals surface area contributed by atoms with Crippen molar-refractivity contribution in [1.29, 1.82) is 0 Å². The van der Waals surface area contributed by atoms with Gasteiger partial charge in [0.1, 0.15) is 23.6 Å². The summed E-state index contributed by atoms with van der Waals surface area (Å²) in [5.74, 6) is 1.97. The normalized spacial score (nSPS) is 22.2. The van der Waals surface area contributed by atoms with Gasteiger partial charge in [-0.2, -0.15) is 0 Å². The molecule has 3 aliphatic heterocycles. The Morgan fingerprint density at radius 3 is 2.18 bits per heavy atom. The Morgan fingerprint density at radius 2 is 1.61 bits per heavy atom. The summed E-state index contributed by atoms with van der Waals surface area (Å²) in [5, 5.41) is 0. The van der Waals surface area contributed by atoms with Crippen LogP contribution in [0, 0.1) is 5.41 Å². The number of piperidine rings is 1. The second kappa shape index (κ2) is 7.39. The largest absolute Gasteiger partial charge is 0.444 e. The first kappa shape index (κ1) is 19.2. The van der Waals surface area contributed by atoms with Crippen molar-refractivity contribution in [2.45, 2.75) is 39.2 Å². The molecular formula is C20H31N5O3. The minimum absolute atomic E-state index is 0.188. The van der Waals surface area contributed by atoms with E-state index in [1.165, 1.54) is 0 Å². The molecule has 1 spiro atoms. The minimum atomic E-state index is -0.436. The van der Waals surface area contributed by atoms with E-state index < -0.39 is 5.60 Å². The van der Waals surface area contributed by atoms with E-state index in [-0.39, 0.29) is 11.5 Å². The van der Waals surface area contributed by atoms with Gasteiger partial charge in [-0.15, -0.1) is 0 Å². The molecule has 0 unspecified atom stereocenters. The van der Waals surface area contributed by atoms with Gasteiger partial charge < -0.3 is 24.2 Å². The third kappa shape index (κ3) is 4.16. The van der Waals surface area contributed by atoms with Crippen molar-refractivity contribution in [3.8, 4) is 0 Å². The van der Waals surface area contributed by atoms with Crippen LogP contribution in [0.1, 0.15) is 33.6 Å². The number of amides is 1. The smallest absolute Gasteiger partial charge is 0.410 e. The number of carbonyl (C=O) groups excluding carboxylic acids is 1. The molecule has 8 heteroatoms. The van der Waals surface area contributed by atoms with Gasteiger partial charge in [-0.1, -0.05) is 0 Å². The lowest BCUT2D eigenvalue weighted by Gasteiger charge is -2.53. The summed E-state index contributed by atoms with van der Waals surface area (Å²) in [7, 11) is 0. The molecule has 0 N–H and O–H groups in total. The summed E-state index contributed by atoms with van der Waals surface area (Å²) >= 11 is 0. The second-order valence-electron chi connectivity index (χ2n) is 9.16. The molecule has 28 heavy (non-hydrogen) atoms. The van der Waals surface area contributed by atoms with Crippen LogP contribution >= 0.6 is 0 Å². The number of rotatable bonds is 2. The lowest BCUT2D eigenvalue weighted by Crippen LogP contribution is -2.62. The van der Waals surface area contributed by atoms with E-state index in [1.54, 1.807) is 6.33 Å². The first-order valence-electron chi connectivity index (χ1n) is 10.2. The van der Waals surface area contributed by atoms with Crippen LogP contribution < -0.4 is 9.80 Å². The number of hydrogen-bond acceptors (Lipinski definition) is 7. The first-order chi connectivity index (χ1) is 13.3. The van der Waals surface area contributed by atoms with Crippen molar-refractivity contribution in [3.63, 3.8) is 0 Å². The van der Waals surface area contributed by atoms with Crippen molar-refractivity contribution in [3.05, 3.63) is 12.4 Å². The fraction of sp³-hybridized carbons (Fsp3) is 0.750. The van der Waals surface area contributed by atoms with E-state index in [0.29, 0.717) is 0 Å². The zero-order chi connectivity index (χ0) is 19.8. The third-order valence-corrected chi connectivity index (χ3v) is 5.83. The van der Waals surface area contributed by atoms with Crippen LogP contribution in [-0.4, -0.2) is 79.0 Å². The van der Waals surface area contributed by atoms with E-state index in [1.807, 2.05) is 25.7 Å². The molecule has 1 aromatic rings. The summed E-state index contributed by atoms with van der Waals surface area (Å²) in [6, 6.07) is 2.09. The maximum atomic E-state index is 12.2. The fourth-order valence-electron chi connectivity index (χ4n) is 4.22. The number of likely N-dealkylation sites (tertiary alicyclic amines) is 1. The first-order valence-corrected chi connectivity index (χ1v) is 10.2. The van der Waals surface area contributed by atoms with Crippen molar-refractivity contribution in [2.24, 2.45) is 5.41 Å². The average Bonchev–Trinajstić information content (AvgIpc) is 2.66. The second-order valence-corrected chi connectivity index (χ2v) is 9.16. The fourth-order valence-corrected chi connectivity index (χ4v) is 4.22. The van der Waals surface area contributed by atoms with Crippen LogP contribution in [0.3, 0.4) is 0 Å². The van der Waals surface area contributed by atoms with E-state index in [0.717, 1.165) is 77.0 Å². The van der Waals surface area contributed by atoms with Crippen molar-refractivity contribution >= 4 is 17.7 Å². The van der Waals surface area contributed by atoms with Gasteiger partial charge in [0.05, 0.1) is 13.2 Å². The molecule has 3 saturated heterocycles. The molecule has 0 aromatic carbocycles. The molecule has 3 fully saturated rings. The monoisotopic (exact) mass is 389 g/mol. The maximum absolute atomic E-state index is 12.2. The molecule has 154 valence electrons. The van der Waals surface area contributed by atoms with Gasteiger partial charge in [0, 0.05) is 50.7 Å². The number of morpholine rings is 1. The molecule has 4 rings (SSSR count). The number of hydrogen-bond donors (Lipinski definition) is 0. The Labute approximate surface area is 166 Å². The Hall–Kier alpha value is -2.09. The van der Waals surface area contributed by atoms with E-state index in [2.05, 4.69) is 25.8 Å². The van der Waals surface area contributed by atoms with E-state index in [4.69, 9.17) is 9.47 Å². The number of ether oxygens (including phenoxy) is 2. The summed E-state index contributed by atoms with van der Waals surface area (Å²) in [6.07, 6.45) is 3.62. The van der Waals surface area contributed by atoms with Crippen molar-refractivity contribution in [2.75, 3.05) is 62.3 Å². The van der Waals surface area contributed by atoms with E-state index in [9.17, 15) is 4.79 Å². The van der Waals surface area contributed by atoms with Crippen LogP contribution in [0.5, 0.6) is 0 Å². The van der Waals surface area contributed by atoms with Gasteiger partial charge in [0.25, 0.3) is 0 Å². The van der Waals surface area contributed by atoms with Crippen molar-refractivity contribution in [1.82, 2.24) is 14.9 Å². The molecule has 0 saturated carbocycles. The molecule has 0 aliphatic carbocycles. The molecule has 4 heterocycles. The van der Waals surface area contributed by atoms with Crippen LogP contribution in [0.25, 0.3) is 0 Å². The highest BCUT2D eigenvalue weighted by atomic mass is 16.6. The van der Waals surface area contributed by atoms with Crippen LogP contribution in [0.2, 0.25) is 0 Å². The molecule has 0 radical (unpaired) electrons. The zero-order valence-electron chi connectivity index (χ0n) is 17.2. The third-order valence-electron chi connectivity index (χ3n) is 5.83. The van der Waals surface area contributed by atoms with Crippen molar-refractivity contribution < 1.29 is 14.3 Å². The molecular weight excluding hydrogens is 358 g/mol. The van der Waals surface area contributed by atoms with Gasteiger partial charge in [-0.3, -0.25) is 0 Å². The lowest BCUT2D eigenvalue weighted by molar-refractivity contribution is -0.0434. The number of anilines is 2. The number of aromatic nitrogens is 2. The zero-order valence-corrected chi connectivity index (χ0v) is 17.2. The molecule has 0 bridgehead atoms.